The summed E-state index contributed by atoms with van der Waals surface area (Å²) < 4.78 is 14.3. The van der Waals surface area contributed by atoms with Gasteiger partial charge in [0.1, 0.15) is 5.52 Å². The topological polar surface area (TPSA) is 68.1 Å². The minimum Gasteiger partial charge on any atom is -0.378 e. The first-order valence-electron chi connectivity index (χ1n) is 7.04. The lowest BCUT2D eigenvalue weighted by Gasteiger charge is -2.16. The summed E-state index contributed by atoms with van der Waals surface area (Å²) in [5.74, 6) is -0.00436. The van der Waals surface area contributed by atoms with Crippen molar-refractivity contribution in [3.8, 4) is 0 Å². The minimum absolute atomic E-state index is 0.196. The summed E-state index contributed by atoms with van der Waals surface area (Å²) in [6.45, 7) is 2.17. The van der Waals surface area contributed by atoms with Gasteiger partial charge in [0.25, 0.3) is 5.69 Å². The number of nitrogens with one attached hydrogen (secondary N) is 1. The number of hydrogen-bond acceptors (Lipinski definition) is 4. The molecule has 5 nitrogen and oxygen atoms in total. The molecule has 1 saturated carbocycles. The second-order valence-electron chi connectivity index (χ2n) is 5.67. The molecule has 0 saturated heterocycles. The van der Waals surface area contributed by atoms with Crippen LogP contribution in [0.1, 0.15) is 26.2 Å². The molecular weight excluding hydrogens is 273 g/mol. The fraction of sp³-hybridized carbons (Fsp3) is 0.400. The van der Waals surface area contributed by atoms with Crippen LogP contribution in [0.4, 0.5) is 15.8 Å². The van der Waals surface area contributed by atoms with Gasteiger partial charge in [0, 0.05) is 12.2 Å². The summed E-state index contributed by atoms with van der Waals surface area (Å²) in [6, 6.07) is 4.39. The molecule has 3 rings (SSSR count). The van der Waals surface area contributed by atoms with E-state index in [0.717, 1.165) is 25.3 Å². The molecule has 110 valence electrons. The Morgan fingerprint density at radius 1 is 1.48 bits per heavy atom. The largest absolute Gasteiger partial charge is 0.378 e. The molecular formula is C15H16FN3O2. The molecule has 0 aliphatic heterocycles. The fourth-order valence-electron chi connectivity index (χ4n) is 3.02. The van der Waals surface area contributed by atoms with Crippen LogP contribution in [0.5, 0.6) is 0 Å². The molecule has 21 heavy (non-hydrogen) atoms. The van der Waals surface area contributed by atoms with Gasteiger partial charge < -0.3 is 5.32 Å². The van der Waals surface area contributed by atoms with Gasteiger partial charge in [-0.25, -0.2) is 4.39 Å². The number of nitro groups is 1. The predicted molar refractivity (Wildman–Crippen MR) is 78.8 cm³/mol. The highest BCUT2D eigenvalue weighted by atomic mass is 19.1. The van der Waals surface area contributed by atoms with Crippen LogP contribution in [0.2, 0.25) is 0 Å². The zero-order chi connectivity index (χ0) is 15.0. The Labute approximate surface area is 121 Å². The lowest BCUT2D eigenvalue weighted by Crippen LogP contribution is -2.17. The number of halogens is 1. The maximum atomic E-state index is 14.3. The number of fused-ring (bicyclic) bond motifs is 1. The molecule has 0 bridgehead atoms. The average molecular weight is 289 g/mol. The number of rotatable bonds is 3. The lowest BCUT2D eigenvalue weighted by atomic mass is 10.1. The van der Waals surface area contributed by atoms with E-state index in [4.69, 9.17) is 0 Å². The van der Waals surface area contributed by atoms with Crippen LogP contribution in [-0.4, -0.2) is 15.9 Å². The van der Waals surface area contributed by atoms with Crippen LogP contribution < -0.4 is 5.32 Å². The zero-order valence-corrected chi connectivity index (χ0v) is 11.7. The van der Waals surface area contributed by atoms with E-state index in [1.807, 2.05) is 0 Å². The second-order valence-corrected chi connectivity index (χ2v) is 5.67. The standard InChI is InChI=1S/C15H16FN3O2/c1-9-4-5-10(7-9)18-15-12(16)8-13(19(20)21)11-3-2-6-17-14(11)15/h2-3,6,8-10,18H,4-5,7H2,1H3. The van der Waals surface area contributed by atoms with Crippen molar-refractivity contribution in [3.63, 3.8) is 0 Å². The third kappa shape index (κ3) is 2.53. The van der Waals surface area contributed by atoms with Crippen molar-refractivity contribution in [2.75, 3.05) is 5.32 Å². The maximum Gasteiger partial charge on any atom is 0.281 e. The predicted octanol–water partition coefficient (Wildman–Crippen LogP) is 3.88. The number of non-ortho nitro benzene ring substituents is 1. The van der Waals surface area contributed by atoms with Gasteiger partial charge in [-0.3, -0.25) is 15.1 Å². The summed E-state index contributed by atoms with van der Waals surface area (Å²) in [6.07, 6.45) is 4.59. The quantitative estimate of drug-likeness (QED) is 0.687. The first-order chi connectivity index (χ1) is 10.1. The van der Waals surface area contributed by atoms with Crippen molar-refractivity contribution >= 4 is 22.3 Å². The summed E-state index contributed by atoms with van der Waals surface area (Å²) in [5, 5.41) is 14.6. The Bertz CT molecular complexity index is 705. The fourth-order valence-corrected chi connectivity index (χ4v) is 3.02. The second kappa shape index (κ2) is 5.27. The van der Waals surface area contributed by atoms with Gasteiger partial charge in [0.05, 0.1) is 22.1 Å². The van der Waals surface area contributed by atoms with E-state index < -0.39 is 10.7 Å². The number of nitro benzene ring substituents is 1. The van der Waals surface area contributed by atoms with Crippen LogP contribution in [0.3, 0.4) is 0 Å². The van der Waals surface area contributed by atoms with E-state index in [1.54, 1.807) is 12.1 Å². The van der Waals surface area contributed by atoms with Crippen LogP contribution in [0.15, 0.2) is 24.4 Å². The minimum atomic E-state index is -0.618. The van der Waals surface area contributed by atoms with Crippen molar-refractivity contribution in [2.45, 2.75) is 32.2 Å². The maximum absolute atomic E-state index is 14.3. The van der Waals surface area contributed by atoms with Crippen molar-refractivity contribution in [1.82, 2.24) is 4.98 Å². The number of anilines is 1. The monoisotopic (exact) mass is 289 g/mol. The van der Waals surface area contributed by atoms with E-state index in [1.165, 1.54) is 6.20 Å². The Morgan fingerprint density at radius 2 is 2.29 bits per heavy atom. The number of aromatic nitrogens is 1. The SMILES string of the molecule is CC1CCC(Nc2c(F)cc([N+](=O)[O-])c3cccnc23)C1. The molecule has 2 unspecified atom stereocenters. The molecule has 2 atom stereocenters. The first-order valence-corrected chi connectivity index (χ1v) is 7.04. The highest BCUT2D eigenvalue weighted by Gasteiger charge is 2.25. The van der Waals surface area contributed by atoms with Crippen molar-refractivity contribution in [1.29, 1.82) is 0 Å². The number of hydrogen-bond donors (Lipinski definition) is 1. The summed E-state index contributed by atoms with van der Waals surface area (Å²) in [4.78, 5) is 14.6. The number of nitrogens with zero attached hydrogens (tertiary/aromatic N) is 2. The van der Waals surface area contributed by atoms with Crippen LogP contribution in [0.25, 0.3) is 10.9 Å². The molecule has 1 fully saturated rings. The summed E-state index contributed by atoms with van der Waals surface area (Å²) in [7, 11) is 0. The van der Waals surface area contributed by atoms with Gasteiger partial charge in [-0.2, -0.15) is 0 Å². The summed E-state index contributed by atoms with van der Waals surface area (Å²) >= 11 is 0. The van der Waals surface area contributed by atoms with Gasteiger partial charge in [-0.15, -0.1) is 0 Å². The van der Waals surface area contributed by atoms with Crippen LogP contribution in [-0.2, 0) is 0 Å². The molecule has 1 heterocycles. The number of pyridine rings is 1. The van der Waals surface area contributed by atoms with E-state index >= 15 is 0 Å². The molecule has 2 aromatic rings. The Kier molecular flexibility index (Phi) is 3.45. The van der Waals surface area contributed by atoms with Gasteiger partial charge in [0.15, 0.2) is 5.82 Å². The van der Waals surface area contributed by atoms with E-state index in [-0.39, 0.29) is 17.4 Å². The molecule has 6 heteroatoms. The molecule has 1 aromatic carbocycles. The molecule has 0 radical (unpaired) electrons. The van der Waals surface area contributed by atoms with E-state index in [2.05, 4.69) is 17.2 Å². The third-order valence-corrected chi connectivity index (χ3v) is 4.06. The highest BCUT2D eigenvalue weighted by molar-refractivity contribution is 5.97. The molecule has 0 amide bonds. The highest BCUT2D eigenvalue weighted by Crippen LogP contribution is 2.35. The Balaban J connectivity index is 2.08. The summed E-state index contributed by atoms with van der Waals surface area (Å²) in [5.41, 5.74) is 0.347. The number of benzene rings is 1. The zero-order valence-electron chi connectivity index (χ0n) is 11.7. The van der Waals surface area contributed by atoms with Gasteiger partial charge in [0.2, 0.25) is 0 Å². The van der Waals surface area contributed by atoms with Gasteiger partial charge >= 0.3 is 0 Å². The van der Waals surface area contributed by atoms with Crippen molar-refractivity contribution in [3.05, 3.63) is 40.3 Å². The third-order valence-electron chi connectivity index (χ3n) is 4.06. The van der Waals surface area contributed by atoms with Crippen LogP contribution in [0, 0.1) is 21.8 Å². The Hall–Kier alpha value is -2.24. The van der Waals surface area contributed by atoms with E-state index in [9.17, 15) is 14.5 Å². The molecule has 1 aromatic heterocycles. The normalized spacial score (nSPS) is 21.6. The van der Waals surface area contributed by atoms with Crippen LogP contribution >= 0.6 is 0 Å². The smallest absolute Gasteiger partial charge is 0.281 e. The molecule has 1 aliphatic rings. The van der Waals surface area contributed by atoms with Gasteiger partial charge in [-0.1, -0.05) is 6.92 Å². The van der Waals surface area contributed by atoms with Crippen molar-refractivity contribution in [2.24, 2.45) is 5.92 Å². The van der Waals surface area contributed by atoms with Crippen molar-refractivity contribution < 1.29 is 9.31 Å². The molecule has 1 aliphatic carbocycles. The first kappa shape index (κ1) is 13.7. The molecule has 0 spiro atoms. The van der Waals surface area contributed by atoms with Gasteiger partial charge in [-0.05, 0) is 37.3 Å². The average Bonchev–Trinajstić information content (AvgIpc) is 2.87. The lowest BCUT2D eigenvalue weighted by molar-refractivity contribution is -0.383. The Morgan fingerprint density at radius 3 is 2.95 bits per heavy atom. The van der Waals surface area contributed by atoms with E-state index in [0.29, 0.717) is 16.8 Å². The molecule has 1 N–H and O–H groups in total.